The van der Waals surface area contributed by atoms with E-state index < -0.39 is 40.2 Å². The fourth-order valence-electron chi connectivity index (χ4n) is 11.8. The third-order valence-electron chi connectivity index (χ3n) is 14.3. The van der Waals surface area contributed by atoms with Gasteiger partial charge in [0.15, 0.2) is 22.8 Å². The number of carbonyl (C=O) groups excluding carboxylic acids is 3. The van der Waals surface area contributed by atoms with Crippen LogP contribution in [-0.4, -0.2) is 70.6 Å². The number of benzene rings is 2. The van der Waals surface area contributed by atoms with Crippen LogP contribution in [0.5, 0.6) is 17.2 Å². The van der Waals surface area contributed by atoms with Crippen LogP contribution >= 0.6 is 15.9 Å². The van der Waals surface area contributed by atoms with Crippen molar-refractivity contribution in [3.63, 3.8) is 0 Å². The Bertz CT molecular complexity index is 2530. The first-order chi connectivity index (χ1) is 29.5. The van der Waals surface area contributed by atoms with Crippen molar-refractivity contribution in [2.24, 2.45) is 23.5 Å². The zero-order valence-corrected chi connectivity index (χ0v) is 38.8. The van der Waals surface area contributed by atoms with E-state index in [1.807, 2.05) is 38.1 Å². The second kappa shape index (κ2) is 14.9. The van der Waals surface area contributed by atoms with Gasteiger partial charge in [-0.1, -0.05) is 53.6 Å². The van der Waals surface area contributed by atoms with Crippen LogP contribution in [0.1, 0.15) is 114 Å². The number of hydrogen-bond acceptors (Lipinski definition) is 10. The fraction of sp³-hybridized carbons (Fsp3) is 0.471. The molecule has 4 aliphatic carbocycles. The van der Waals surface area contributed by atoms with E-state index in [4.69, 9.17) is 29.4 Å². The van der Waals surface area contributed by atoms with Crippen molar-refractivity contribution in [2.45, 2.75) is 110 Å². The van der Waals surface area contributed by atoms with Crippen LogP contribution in [0.25, 0.3) is 17.5 Å². The molecule has 10 nitrogen and oxygen atoms in total. The highest BCUT2D eigenvalue weighted by Crippen LogP contribution is 2.75. The maximum atomic E-state index is 15.9. The fourth-order valence-corrected chi connectivity index (χ4v) is 12.0. The second-order valence-corrected chi connectivity index (χ2v) is 19.5. The maximum absolute atomic E-state index is 15.9. The summed E-state index contributed by atoms with van der Waals surface area (Å²) in [4.78, 5) is 46.0. The number of allylic oxidation sites excluding steroid dienone is 5. The smallest absolute Gasteiger partial charge is 0.333 e. The molecule has 6 atom stereocenters. The summed E-state index contributed by atoms with van der Waals surface area (Å²) in [7, 11) is 1.35. The van der Waals surface area contributed by atoms with E-state index in [9.17, 15) is 9.59 Å². The molecule has 4 heterocycles. The molecular formula is C51H57BrN2O8. The number of rotatable bonds is 12. The molecule has 0 radical (unpaired) electrons. The van der Waals surface area contributed by atoms with Crippen LogP contribution in [0, 0.1) is 17.8 Å². The van der Waals surface area contributed by atoms with Crippen LogP contribution in [0.3, 0.4) is 0 Å². The molecule has 4 fully saturated rings. The van der Waals surface area contributed by atoms with Crippen molar-refractivity contribution < 1.29 is 38.1 Å². The van der Waals surface area contributed by atoms with Gasteiger partial charge in [-0.15, -0.1) is 0 Å². The topological polar surface area (TPSA) is 127 Å². The molecule has 8 aliphatic rings. The van der Waals surface area contributed by atoms with Gasteiger partial charge >= 0.3 is 5.97 Å². The SMILES string of the molecule is COC(=O)C(C)=CCC12OC(C)(C)C3CC(C1=O)C1C4=C(c5ccccc5C4=O)N(CCN)C4=C1C32Oc1c(CC=C(C)C)c2c(c(OCBr)c14)C=CC(C)(CCC=C(C)C)O2. The van der Waals surface area contributed by atoms with Gasteiger partial charge < -0.3 is 34.3 Å². The highest BCUT2D eigenvalue weighted by molar-refractivity contribution is 9.09. The number of fused-ring (bicyclic) bond motifs is 5. The zero-order valence-electron chi connectivity index (χ0n) is 37.3. The normalized spacial score (nSPS) is 29.0. The molecular weight excluding hydrogens is 848 g/mol. The summed E-state index contributed by atoms with van der Waals surface area (Å²) in [6.45, 7) is 16.9. The molecule has 2 aromatic rings. The molecule has 10 rings (SSSR count). The first-order valence-corrected chi connectivity index (χ1v) is 23.0. The van der Waals surface area contributed by atoms with Crippen LogP contribution in [0.15, 0.2) is 76.4 Å². The van der Waals surface area contributed by atoms with Gasteiger partial charge in [0.2, 0.25) is 0 Å². The van der Waals surface area contributed by atoms with Crippen molar-refractivity contribution in [3.05, 3.63) is 104 Å². The number of ketones is 2. The molecule has 1 spiro atoms. The molecule has 62 heavy (non-hydrogen) atoms. The number of hydrogen-bond donors (Lipinski definition) is 1. The summed E-state index contributed by atoms with van der Waals surface area (Å²) in [6, 6.07) is 7.71. The largest absolute Gasteiger partial charge is 0.482 e. The van der Waals surface area contributed by atoms with E-state index in [1.165, 1.54) is 12.7 Å². The number of nitrogens with two attached hydrogens (primary N) is 1. The number of esters is 1. The summed E-state index contributed by atoms with van der Waals surface area (Å²) >= 11 is 3.62. The van der Waals surface area contributed by atoms with E-state index in [1.54, 1.807) is 13.0 Å². The van der Waals surface area contributed by atoms with E-state index >= 15 is 4.79 Å². The van der Waals surface area contributed by atoms with Crippen molar-refractivity contribution >= 4 is 50.9 Å². The lowest BCUT2D eigenvalue weighted by Gasteiger charge is -2.63. The predicted molar refractivity (Wildman–Crippen MR) is 243 cm³/mol. The Kier molecular flexibility index (Phi) is 10.3. The molecule has 4 aliphatic heterocycles. The van der Waals surface area contributed by atoms with E-state index in [0.29, 0.717) is 53.3 Å². The Morgan fingerprint density at radius 1 is 0.984 bits per heavy atom. The highest BCUT2D eigenvalue weighted by atomic mass is 79.9. The van der Waals surface area contributed by atoms with Gasteiger partial charge in [-0.3, -0.25) is 9.59 Å². The van der Waals surface area contributed by atoms with Gasteiger partial charge in [-0.05, 0) is 109 Å². The average molecular weight is 906 g/mol. The second-order valence-electron chi connectivity index (χ2n) is 19.1. The Morgan fingerprint density at radius 2 is 1.71 bits per heavy atom. The zero-order chi connectivity index (χ0) is 44.3. The molecule has 0 amide bonds. The van der Waals surface area contributed by atoms with E-state index in [0.717, 1.165) is 57.6 Å². The lowest BCUT2D eigenvalue weighted by atomic mass is 9.44. The van der Waals surface area contributed by atoms with E-state index in [-0.39, 0.29) is 36.0 Å². The summed E-state index contributed by atoms with van der Waals surface area (Å²) in [5, 5.41) is 0. The van der Waals surface area contributed by atoms with Gasteiger partial charge in [0.1, 0.15) is 28.4 Å². The number of carbonyl (C=O) groups is 3. The first-order valence-electron chi connectivity index (χ1n) is 21.9. The Morgan fingerprint density at radius 3 is 2.39 bits per heavy atom. The van der Waals surface area contributed by atoms with Gasteiger partial charge in [0.25, 0.3) is 0 Å². The Balaban J connectivity index is 1.42. The minimum Gasteiger partial charge on any atom is -0.482 e. The number of nitrogens with zero attached hydrogens (tertiary/aromatic N) is 1. The van der Waals surface area contributed by atoms with Crippen LogP contribution in [0.2, 0.25) is 0 Å². The van der Waals surface area contributed by atoms with Crippen LogP contribution < -0.4 is 19.9 Å². The van der Waals surface area contributed by atoms with Crippen LogP contribution in [-0.2, 0) is 25.5 Å². The molecule has 6 unspecified atom stereocenters. The molecule has 11 heteroatoms. The molecule has 2 N–H and O–H groups in total. The standard InChI is InChI=1S/C51H57BrN2O8/c1-27(2)13-12-20-49(8)21-19-33-43(60-49)32(17-16-28(3)4)45-38(44(33)59-26-52)41-39-36(37-40(54(41)24-23-53)30-14-10-11-15-31(30)42(37)55)34-25-35-48(6,7)62-50(46(34)56,51(35,39)61-45)22-18-29(5)47(57)58-9/h10-11,13-16,18-19,21,34-36H,12,17,20,22-26,53H2,1-9H3. The number of alkyl halides is 1. The third-order valence-corrected chi connectivity index (χ3v) is 14.6. The minimum absolute atomic E-state index is 0.0552. The summed E-state index contributed by atoms with van der Waals surface area (Å²) < 4.78 is 34.4. The number of halogens is 1. The minimum atomic E-state index is -1.57. The van der Waals surface area contributed by atoms with Crippen LogP contribution in [0.4, 0.5) is 0 Å². The van der Waals surface area contributed by atoms with Gasteiger partial charge in [0.05, 0.1) is 35.2 Å². The quantitative estimate of drug-likeness (QED) is 0.0953. The molecule has 3 saturated carbocycles. The highest BCUT2D eigenvalue weighted by Gasteiger charge is 2.84. The predicted octanol–water partition coefficient (Wildman–Crippen LogP) is 9.45. The number of ether oxygens (including phenoxy) is 5. The van der Waals surface area contributed by atoms with Gasteiger partial charge in [0, 0.05) is 70.7 Å². The summed E-state index contributed by atoms with van der Waals surface area (Å²) in [5.74, 6) is -0.462. The first kappa shape index (κ1) is 42.6. The molecule has 4 bridgehead atoms. The monoisotopic (exact) mass is 904 g/mol. The summed E-state index contributed by atoms with van der Waals surface area (Å²) in [5.41, 5.74) is 11.8. The Labute approximate surface area is 373 Å². The third kappa shape index (κ3) is 5.82. The molecule has 326 valence electrons. The number of Topliss-reactive ketones (excluding diaryl/α,β-unsaturated/α-hetero) is 2. The van der Waals surface area contributed by atoms with E-state index in [2.05, 4.69) is 79.8 Å². The summed E-state index contributed by atoms with van der Waals surface area (Å²) in [6.07, 6.45) is 13.0. The lowest BCUT2D eigenvalue weighted by molar-refractivity contribution is -0.181. The average Bonchev–Trinajstić information content (AvgIpc) is 3.60. The maximum Gasteiger partial charge on any atom is 0.333 e. The van der Waals surface area contributed by atoms with Crippen molar-refractivity contribution in [2.75, 3.05) is 25.7 Å². The van der Waals surface area contributed by atoms with Gasteiger partial charge in [-0.25, -0.2) is 4.79 Å². The molecule has 0 aromatic heterocycles. The van der Waals surface area contributed by atoms with Crippen molar-refractivity contribution in [1.29, 1.82) is 0 Å². The molecule has 1 saturated heterocycles. The Hall–Kier alpha value is -4.71. The van der Waals surface area contributed by atoms with Crippen molar-refractivity contribution in [1.82, 2.24) is 4.90 Å². The van der Waals surface area contributed by atoms with Gasteiger partial charge in [-0.2, -0.15) is 0 Å². The lowest BCUT2D eigenvalue weighted by Crippen LogP contribution is -2.75. The van der Waals surface area contributed by atoms with Crippen molar-refractivity contribution in [3.8, 4) is 17.2 Å². The molecule has 2 aromatic carbocycles. The number of methoxy groups -OCH3 is 1.